The van der Waals surface area contributed by atoms with Crippen molar-refractivity contribution >= 4 is 35.5 Å². The number of hydrogen-bond donors (Lipinski definition) is 6. The maximum Gasteiger partial charge on any atom is 0.326 e. The highest BCUT2D eigenvalue weighted by Gasteiger charge is 2.28. The highest BCUT2D eigenvalue weighted by Crippen LogP contribution is 2.06. The van der Waals surface area contributed by atoms with Crippen LogP contribution >= 0.6 is 11.8 Å². The van der Waals surface area contributed by atoms with Gasteiger partial charge in [0.2, 0.25) is 17.7 Å². The van der Waals surface area contributed by atoms with Crippen LogP contribution in [0.25, 0.3) is 0 Å². The summed E-state index contributed by atoms with van der Waals surface area (Å²) < 4.78 is 0. The van der Waals surface area contributed by atoms with E-state index in [1.54, 1.807) is 11.8 Å². The van der Waals surface area contributed by atoms with E-state index >= 15 is 0 Å². The molecule has 10 nitrogen and oxygen atoms in total. The Labute approximate surface area is 189 Å². The predicted octanol–water partition coefficient (Wildman–Crippen LogP) is -0.199. The number of carbonyl (C=O) groups is 4. The second kappa shape index (κ2) is 15.9. The summed E-state index contributed by atoms with van der Waals surface area (Å²) in [4.78, 5) is 48.8. The minimum Gasteiger partial charge on any atom is -0.480 e. The van der Waals surface area contributed by atoms with E-state index in [0.717, 1.165) is 5.75 Å². The molecule has 3 amide bonds. The van der Waals surface area contributed by atoms with Crippen LogP contribution in [0.15, 0.2) is 0 Å². The molecule has 0 aliphatic heterocycles. The molecule has 0 fully saturated rings. The van der Waals surface area contributed by atoms with Crippen molar-refractivity contribution < 1.29 is 24.3 Å². The lowest BCUT2D eigenvalue weighted by atomic mass is 10.0. The zero-order valence-electron chi connectivity index (χ0n) is 19.0. The van der Waals surface area contributed by atoms with Gasteiger partial charge in [0.25, 0.3) is 0 Å². The molecular weight excluding hydrogens is 422 g/mol. The van der Waals surface area contributed by atoms with Crippen LogP contribution in [0, 0.1) is 5.92 Å². The van der Waals surface area contributed by atoms with Crippen LogP contribution in [0.1, 0.15) is 52.9 Å². The Kier molecular flexibility index (Phi) is 14.9. The first-order chi connectivity index (χ1) is 14.5. The first-order valence-corrected chi connectivity index (χ1v) is 12.0. The number of amides is 3. The van der Waals surface area contributed by atoms with Crippen molar-refractivity contribution in [3.63, 3.8) is 0 Å². The lowest BCUT2D eigenvalue weighted by Crippen LogP contribution is -2.56. The van der Waals surface area contributed by atoms with Crippen LogP contribution in [-0.4, -0.2) is 71.5 Å². The summed E-state index contributed by atoms with van der Waals surface area (Å²) in [6.45, 7) is 5.63. The van der Waals surface area contributed by atoms with Crippen molar-refractivity contribution in [2.75, 3.05) is 18.6 Å². The van der Waals surface area contributed by atoms with E-state index in [1.807, 2.05) is 20.1 Å². The minimum absolute atomic E-state index is 0.0729. The second-order valence-corrected chi connectivity index (χ2v) is 8.98. The van der Waals surface area contributed by atoms with Crippen molar-refractivity contribution in [1.82, 2.24) is 16.0 Å². The maximum atomic E-state index is 12.7. The number of nitrogens with two attached hydrogens (primary N) is 2. The molecule has 0 bridgehead atoms. The normalized spacial score (nSPS) is 14.9. The Morgan fingerprint density at radius 3 is 2.03 bits per heavy atom. The van der Waals surface area contributed by atoms with Gasteiger partial charge in [-0.25, -0.2) is 4.79 Å². The van der Waals surface area contributed by atoms with Crippen molar-refractivity contribution in [3.05, 3.63) is 0 Å². The molecule has 0 heterocycles. The van der Waals surface area contributed by atoms with Gasteiger partial charge in [0.1, 0.15) is 18.1 Å². The average Bonchev–Trinajstić information content (AvgIpc) is 2.69. The van der Waals surface area contributed by atoms with Crippen molar-refractivity contribution in [2.24, 2.45) is 17.4 Å². The van der Waals surface area contributed by atoms with Crippen LogP contribution in [0.4, 0.5) is 0 Å². The lowest BCUT2D eigenvalue weighted by molar-refractivity contribution is -0.142. The van der Waals surface area contributed by atoms with E-state index in [2.05, 4.69) is 16.0 Å². The van der Waals surface area contributed by atoms with Gasteiger partial charge in [0, 0.05) is 0 Å². The monoisotopic (exact) mass is 461 g/mol. The fraction of sp³-hybridized carbons (Fsp3) is 0.800. The van der Waals surface area contributed by atoms with E-state index in [0.29, 0.717) is 32.2 Å². The summed E-state index contributed by atoms with van der Waals surface area (Å²) in [6.07, 6.45) is 4.32. The first-order valence-electron chi connectivity index (χ1n) is 10.6. The van der Waals surface area contributed by atoms with E-state index in [9.17, 15) is 24.3 Å². The zero-order valence-corrected chi connectivity index (χ0v) is 19.8. The molecule has 0 spiro atoms. The van der Waals surface area contributed by atoms with Crippen LogP contribution in [0.3, 0.4) is 0 Å². The fourth-order valence-electron chi connectivity index (χ4n) is 2.79. The topological polar surface area (TPSA) is 177 Å². The SMILES string of the molecule is CSCCC(N)C(=O)NC(CCCCN)C(=O)NC(C)C(=O)NC(CC(C)C)C(=O)O. The summed E-state index contributed by atoms with van der Waals surface area (Å²) in [5.41, 5.74) is 11.4. The number of aliphatic carboxylic acids is 1. The van der Waals surface area contributed by atoms with Gasteiger partial charge < -0.3 is 32.5 Å². The third-order valence-corrected chi connectivity index (χ3v) is 5.27. The van der Waals surface area contributed by atoms with Crippen LogP contribution in [-0.2, 0) is 19.2 Å². The van der Waals surface area contributed by atoms with E-state index in [1.165, 1.54) is 6.92 Å². The molecule has 11 heteroatoms. The Bertz CT molecular complexity index is 590. The molecule has 0 saturated heterocycles. The van der Waals surface area contributed by atoms with Crippen molar-refractivity contribution in [1.29, 1.82) is 0 Å². The lowest BCUT2D eigenvalue weighted by Gasteiger charge is -2.24. The molecule has 31 heavy (non-hydrogen) atoms. The molecule has 0 rings (SSSR count). The highest BCUT2D eigenvalue weighted by atomic mass is 32.2. The van der Waals surface area contributed by atoms with E-state index in [-0.39, 0.29) is 12.3 Å². The van der Waals surface area contributed by atoms with Crippen LogP contribution < -0.4 is 27.4 Å². The molecule has 0 aliphatic rings. The Hall–Kier alpha value is -1.85. The zero-order chi connectivity index (χ0) is 24.0. The molecule has 0 aromatic carbocycles. The number of rotatable bonds is 16. The summed E-state index contributed by atoms with van der Waals surface area (Å²) in [5.74, 6) is -1.90. The molecule has 4 atom stereocenters. The Morgan fingerprint density at radius 2 is 1.52 bits per heavy atom. The third-order valence-electron chi connectivity index (χ3n) is 4.62. The van der Waals surface area contributed by atoms with Gasteiger partial charge in [-0.3, -0.25) is 14.4 Å². The van der Waals surface area contributed by atoms with Gasteiger partial charge in [-0.15, -0.1) is 0 Å². The number of carbonyl (C=O) groups excluding carboxylic acids is 3. The second-order valence-electron chi connectivity index (χ2n) is 7.99. The molecule has 0 saturated carbocycles. The molecule has 8 N–H and O–H groups in total. The third kappa shape index (κ3) is 12.6. The van der Waals surface area contributed by atoms with Gasteiger partial charge in [-0.05, 0) is 63.5 Å². The van der Waals surface area contributed by atoms with Crippen LogP contribution in [0.2, 0.25) is 0 Å². The summed E-state index contributed by atoms with van der Waals surface area (Å²) in [7, 11) is 0. The summed E-state index contributed by atoms with van der Waals surface area (Å²) in [5, 5.41) is 16.9. The molecule has 180 valence electrons. The van der Waals surface area contributed by atoms with Gasteiger partial charge in [0.15, 0.2) is 0 Å². The molecule has 0 aromatic rings. The minimum atomic E-state index is -1.13. The highest BCUT2D eigenvalue weighted by molar-refractivity contribution is 7.98. The predicted molar refractivity (Wildman–Crippen MR) is 122 cm³/mol. The Balaban J connectivity index is 5.02. The smallest absolute Gasteiger partial charge is 0.326 e. The van der Waals surface area contributed by atoms with Gasteiger partial charge >= 0.3 is 5.97 Å². The van der Waals surface area contributed by atoms with E-state index in [4.69, 9.17) is 11.5 Å². The molecular formula is C20H39N5O5S. The molecule has 0 radical (unpaired) electrons. The quantitative estimate of drug-likeness (QED) is 0.171. The maximum absolute atomic E-state index is 12.7. The number of hydrogen-bond acceptors (Lipinski definition) is 7. The number of nitrogens with one attached hydrogen (secondary N) is 3. The summed E-state index contributed by atoms with van der Waals surface area (Å²) in [6, 6.07) is -3.60. The van der Waals surface area contributed by atoms with Crippen molar-refractivity contribution in [3.8, 4) is 0 Å². The van der Waals surface area contributed by atoms with Crippen LogP contribution in [0.5, 0.6) is 0 Å². The number of unbranched alkanes of at least 4 members (excludes halogenated alkanes) is 1. The summed E-state index contributed by atoms with van der Waals surface area (Å²) >= 11 is 1.57. The standard InChI is InChI=1S/C20H39N5O5S/c1-12(2)11-16(20(29)30)25-17(26)13(3)23-19(28)15(7-5-6-9-21)24-18(27)14(22)8-10-31-4/h12-16H,5-11,21-22H2,1-4H3,(H,23,28)(H,24,27)(H,25,26)(H,29,30). The number of carboxylic acid groups (broad SMARTS) is 1. The fourth-order valence-corrected chi connectivity index (χ4v) is 3.28. The van der Waals surface area contributed by atoms with E-state index < -0.39 is 47.9 Å². The molecule has 0 aromatic heterocycles. The molecule has 4 unspecified atom stereocenters. The number of thioether (sulfide) groups is 1. The Morgan fingerprint density at radius 1 is 0.903 bits per heavy atom. The number of carboxylic acids is 1. The largest absolute Gasteiger partial charge is 0.480 e. The molecule has 0 aliphatic carbocycles. The van der Waals surface area contributed by atoms with Gasteiger partial charge in [-0.1, -0.05) is 13.8 Å². The first kappa shape index (κ1) is 29.1. The van der Waals surface area contributed by atoms with Gasteiger partial charge in [-0.2, -0.15) is 11.8 Å². The average molecular weight is 462 g/mol. The van der Waals surface area contributed by atoms with Gasteiger partial charge in [0.05, 0.1) is 6.04 Å². The van der Waals surface area contributed by atoms with Crippen molar-refractivity contribution in [2.45, 2.75) is 77.0 Å².